The van der Waals surface area contributed by atoms with E-state index in [1.165, 1.54) is 19.2 Å². The lowest BCUT2D eigenvalue weighted by Crippen LogP contribution is -2.54. The van der Waals surface area contributed by atoms with Crippen molar-refractivity contribution in [3.63, 3.8) is 0 Å². The zero-order chi connectivity index (χ0) is 40.9. The van der Waals surface area contributed by atoms with Crippen molar-refractivity contribution in [3.8, 4) is 5.75 Å². The number of imide groups is 2. The van der Waals surface area contributed by atoms with Gasteiger partial charge in [0.15, 0.2) is 11.6 Å². The summed E-state index contributed by atoms with van der Waals surface area (Å²) in [6.45, 7) is 4.96. The van der Waals surface area contributed by atoms with Crippen molar-refractivity contribution < 1.29 is 33.5 Å². The first-order chi connectivity index (χ1) is 28.0. The molecule has 2 saturated heterocycles. The monoisotopic (exact) mass is 808 g/mol. The van der Waals surface area contributed by atoms with Crippen LogP contribution in [0.3, 0.4) is 0 Å². The van der Waals surface area contributed by atoms with Gasteiger partial charge in [0.25, 0.3) is 11.8 Å². The third kappa shape index (κ3) is 8.54. The number of nitrogens with one attached hydrogen (secondary N) is 5. The highest BCUT2D eigenvalue weighted by Crippen LogP contribution is 2.34. The van der Waals surface area contributed by atoms with Gasteiger partial charge in [0.2, 0.25) is 23.7 Å². The van der Waals surface area contributed by atoms with Gasteiger partial charge in [0.05, 0.1) is 42.4 Å². The normalized spacial score (nSPS) is 16.8. The predicted octanol–water partition coefficient (Wildman–Crippen LogP) is 3.58. The van der Waals surface area contributed by atoms with E-state index in [1.54, 1.807) is 37.4 Å². The van der Waals surface area contributed by atoms with Gasteiger partial charge in [-0.25, -0.2) is 4.98 Å². The number of halogens is 1. The molecular formula is C40H41ClN10O7. The van der Waals surface area contributed by atoms with Gasteiger partial charge in [0.1, 0.15) is 16.8 Å². The third-order valence-corrected chi connectivity index (χ3v) is 10.3. The van der Waals surface area contributed by atoms with Crippen molar-refractivity contribution in [1.82, 2.24) is 30.4 Å². The van der Waals surface area contributed by atoms with E-state index in [0.717, 1.165) is 10.6 Å². The van der Waals surface area contributed by atoms with E-state index >= 15 is 0 Å². The van der Waals surface area contributed by atoms with Crippen molar-refractivity contribution >= 4 is 81.4 Å². The number of amides is 5. The third-order valence-electron chi connectivity index (χ3n) is 10.1. The molecule has 0 saturated carbocycles. The lowest BCUT2D eigenvalue weighted by atomic mass is 10.0. The minimum atomic E-state index is -1.05. The number of hydrogen-bond acceptors (Lipinski definition) is 14. The van der Waals surface area contributed by atoms with Crippen LogP contribution in [-0.2, 0) is 14.4 Å². The highest BCUT2D eigenvalue weighted by Gasteiger charge is 2.45. The number of para-hydroxylation sites is 1. The van der Waals surface area contributed by atoms with Gasteiger partial charge in [0, 0.05) is 68.7 Å². The van der Waals surface area contributed by atoms with Gasteiger partial charge in [-0.2, -0.15) is 4.98 Å². The van der Waals surface area contributed by atoms with Crippen LogP contribution in [0, 0.1) is 0 Å². The SMILES string of the molecule is COc1cc(N2CCN(CC(=O)NCCNc3cccc4c3C(=O)N(C3CCC(=O)NC3=O)C4=O)CC2)ccc1Nc1ncc(Cl)c(Nc2ccccc2C(C)=O)n1. The van der Waals surface area contributed by atoms with Crippen molar-refractivity contribution in [2.75, 3.05) is 73.8 Å². The number of ether oxygens (including phenoxy) is 1. The average molecular weight is 809 g/mol. The minimum absolute atomic E-state index is 0.0392. The molecule has 4 heterocycles. The van der Waals surface area contributed by atoms with Crippen LogP contribution < -0.4 is 36.2 Å². The Kier molecular flexibility index (Phi) is 11.8. The minimum Gasteiger partial charge on any atom is -0.494 e. The van der Waals surface area contributed by atoms with Crippen LogP contribution in [0.5, 0.6) is 5.75 Å². The molecule has 5 N–H and O–H groups in total. The lowest BCUT2D eigenvalue weighted by molar-refractivity contribution is -0.136. The fourth-order valence-electron chi connectivity index (χ4n) is 7.13. The maximum atomic E-state index is 13.3. The zero-order valence-electron chi connectivity index (χ0n) is 31.8. The molecule has 5 amide bonds. The number of anilines is 6. The Labute approximate surface area is 338 Å². The second-order valence-corrected chi connectivity index (χ2v) is 14.2. The molecule has 1 unspecified atom stereocenters. The number of methoxy groups -OCH3 is 1. The molecule has 3 aromatic carbocycles. The molecule has 0 bridgehead atoms. The summed E-state index contributed by atoms with van der Waals surface area (Å²) in [7, 11) is 1.58. The molecule has 1 aromatic heterocycles. The molecule has 4 aromatic rings. The quantitative estimate of drug-likeness (QED) is 0.0702. The lowest BCUT2D eigenvalue weighted by Gasteiger charge is -2.36. The number of carbonyl (C=O) groups excluding carboxylic acids is 6. The van der Waals surface area contributed by atoms with Crippen LogP contribution >= 0.6 is 11.6 Å². The van der Waals surface area contributed by atoms with Crippen molar-refractivity contribution in [3.05, 3.63) is 88.6 Å². The molecule has 3 aliphatic rings. The highest BCUT2D eigenvalue weighted by molar-refractivity contribution is 6.33. The number of nitrogens with zero attached hydrogens (tertiary/aromatic N) is 5. The molecule has 7 rings (SSSR count). The molecule has 18 heteroatoms. The summed E-state index contributed by atoms with van der Waals surface area (Å²) in [6, 6.07) is 16.7. The number of Topliss-reactive ketones (excluding diaryl/α,β-unsaturated/α-hetero) is 1. The van der Waals surface area contributed by atoms with E-state index in [1.807, 2.05) is 24.3 Å². The molecule has 0 aliphatic carbocycles. The van der Waals surface area contributed by atoms with Gasteiger partial charge in [-0.15, -0.1) is 0 Å². The summed E-state index contributed by atoms with van der Waals surface area (Å²) >= 11 is 6.39. The molecule has 17 nitrogen and oxygen atoms in total. The molecule has 1 atom stereocenters. The molecule has 58 heavy (non-hydrogen) atoms. The van der Waals surface area contributed by atoms with Gasteiger partial charge < -0.3 is 30.9 Å². The number of aromatic nitrogens is 2. The van der Waals surface area contributed by atoms with Crippen molar-refractivity contribution in [2.45, 2.75) is 25.8 Å². The number of rotatable bonds is 14. The van der Waals surface area contributed by atoms with Crippen LogP contribution in [0.25, 0.3) is 0 Å². The zero-order valence-corrected chi connectivity index (χ0v) is 32.5. The van der Waals surface area contributed by atoms with Crippen molar-refractivity contribution in [1.29, 1.82) is 0 Å². The van der Waals surface area contributed by atoms with Gasteiger partial charge >= 0.3 is 0 Å². The summed E-state index contributed by atoms with van der Waals surface area (Å²) in [4.78, 5) is 89.5. The van der Waals surface area contributed by atoms with Crippen LogP contribution in [0.2, 0.25) is 5.02 Å². The average Bonchev–Trinajstić information content (AvgIpc) is 3.47. The van der Waals surface area contributed by atoms with Crippen LogP contribution in [-0.4, -0.2) is 114 Å². The van der Waals surface area contributed by atoms with E-state index < -0.39 is 29.7 Å². The molecular weight excluding hydrogens is 768 g/mol. The maximum absolute atomic E-state index is 13.3. The number of carbonyl (C=O) groups is 6. The first-order valence-electron chi connectivity index (χ1n) is 18.7. The van der Waals surface area contributed by atoms with E-state index in [0.29, 0.717) is 66.9 Å². The Morgan fingerprint density at radius 1 is 0.914 bits per heavy atom. The number of piperidine rings is 1. The number of hydrogen-bond donors (Lipinski definition) is 5. The fraction of sp³-hybridized carbons (Fsp3) is 0.300. The Bertz CT molecular complexity index is 2300. The molecule has 300 valence electrons. The summed E-state index contributed by atoms with van der Waals surface area (Å²) in [5.74, 6) is -1.35. The summed E-state index contributed by atoms with van der Waals surface area (Å²) in [6.07, 6.45) is 1.58. The van der Waals surface area contributed by atoms with Gasteiger partial charge in [-0.3, -0.25) is 43.9 Å². The van der Waals surface area contributed by atoms with Crippen LogP contribution in [0.1, 0.15) is 50.8 Å². The van der Waals surface area contributed by atoms with E-state index in [2.05, 4.69) is 46.4 Å². The van der Waals surface area contributed by atoms with Crippen LogP contribution in [0.15, 0.2) is 66.9 Å². The first kappa shape index (κ1) is 39.6. The van der Waals surface area contributed by atoms with E-state index in [4.69, 9.17) is 16.3 Å². The maximum Gasteiger partial charge on any atom is 0.264 e. The highest BCUT2D eigenvalue weighted by atomic mass is 35.5. The smallest absolute Gasteiger partial charge is 0.264 e. The molecule has 3 aliphatic heterocycles. The number of fused-ring (bicyclic) bond motifs is 1. The standard InChI is InChI=1S/C40H41ClN10O7/c1-23(52)25-6-3-4-8-28(25)45-36-27(41)21-44-40(48-36)46-29-11-10-24(20-32(29)58-2)50-18-16-49(17-19-50)22-34(54)43-15-14-42-30-9-5-7-26-35(30)39(57)51(38(26)56)31-12-13-33(53)47-37(31)55/h3-11,20-21,31,42H,12-19,22H2,1-2H3,(H,43,54)(H,47,53,55)(H2,44,45,46,48). The predicted molar refractivity (Wildman–Crippen MR) is 216 cm³/mol. The topological polar surface area (TPSA) is 207 Å². The molecule has 2 fully saturated rings. The van der Waals surface area contributed by atoms with E-state index in [-0.39, 0.29) is 59.7 Å². The Morgan fingerprint density at radius 3 is 2.45 bits per heavy atom. The van der Waals surface area contributed by atoms with Crippen molar-refractivity contribution in [2.24, 2.45) is 0 Å². The fourth-order valence-corrected chi connectivity index (χ4v) is 7.26. The van der Waals surface area contributed by atoms with Crippen LogP contribution in [0.4, 0.5) is 34.5 Å². The van der Waals surface area contributed by atoms with E-state index in [9.17, 15) is 28.8 Å². The molecule has 0 radical (unpaired) electrons. The number of ketones is 1. The Hall–Kier alpha value is -6.59. The Balaban J connectivity index is 0.878. The summed E-state index contributed by atoms with van der Waals surface area (Å²) < 4.78 is 5.71. The second-order valence-electron chi connectivity index (χ2n) is 13.8. The summed E-state index contributed by atoms with van der Waals surface area (Å²) in [5, 5.41) is 14.9. The first-order valence-corrected chi connectivity index (χ1v) is 19.1. The largest absolute Gasteiger partial charge is 0.494 e. The molecule has 0 spiro atoms. The van der Waals surface area contributed by atoms with Gasteiger partial charge in [-0.1, -0.05) is 29.8 Å². The Morgan fingerprint density at radius 2 is 1.69 bits per heavy atom. The second kappa shape index (κ2) is 17.3. The number of piperazine rings is 1. The summed E-state index contributed by atoms with van der Waals surface area (Å²) in [5.41, 5.74) is 3.44. The van der Waals surface area contributed by atoms with Gasteiger partial charge in [-0.05, 0) is 49.7 Å². The number of benzene rings is 3.